The Morgan fingerprint density at radius 1 is 1.00 bits per heavy atom. The van der Waals surface area contributed by atoms with Crippen LogP contribution in [0.15, 0.2) is 66.2 Å². The molecule has 42 heavy (non-hydrogen) atoms. The molecule has 0 spiro atoms. The molecular weight excluding hydrogens is 555 g/mol. The van der Waals surface area contributed by atoms with Crippen LogP contribution in [0.1, 0.15) is 50.6 Å². The molecule has 10 heteroatoms. The summed E-state index contributed by atoms with van der Waals surface area (Å²) in [7, 11) is 0. The number of carbonyl (C=O) groups excluding carboxylic acids is 4. The van der Waals surface area contributed by atoms with Gasteiger partial charge in [0.25, 0.3) is 17.7 Å². The molecule has 1 saturated heterocycles. The third-order valence-electron chi connectivity index (χ3n) is 7.55. The molecule has 2 aromatic heterocycles. The Kier molecular flexibility index (Phi) is 7.07. The van der Waals surface area contributed by atoms with Crippen LogP contribution < -0.4 is 15.5 Å². The predicted molar refractivity (Wildman–Crippen MR) is 160 cm³/mol. The summed E-state index contributed by atoms with van der Waals surface area (Å²) in [6.07, 6.45) is 5.23. The Morgan fingerprint density at radius 3 is 2.52 bits per heavy atom. The van der Waals surface area contributed by atoms with Crippen molar-refractivity contribution in [3.05, 3.63) is 105 Å². The van der Waals surface area contributed by atoms with Crippen LogP contribution in [0, 0.1) is 19.7 Å². The number of carbonyl (C=O) groups is 4. The zero-order valence-electron chi connectivity index (χ0n) is 23.0. The van der Waals surface area contributed by atoms with E-state index in [1.807, 2.05) is 54.8 Å². The second-order valence-corrected chi connectivity index (χ2v) is 11.4. The van der Waals surface area contributed by atoms with E-state index in [1.54, 1.807) is 11.3 Å². The molecule has 2 aromatic carbocycles. The summed E-state index contributed by atoms with van der Waals surface area (Å²) in [6.45, 7) is 3.76. The minimum Gasteiger partial charge on any atom is -0.322 e. The Morgan fingerprint density at radius 2 is 1.76 bits per heavy atom. The fourth-order valence-electron chi connectivity index (χ4n) is 5.57. The van der Waals surface area contributed by atoms with Gasteiger partial charge in [0.1, 0.15) is 16.4 Å². The summed E-state index contributed by atoms with van der Waals surface area (Å²) >= 11 is 1.59. The zero-order valence-corrected chi connectivity index (χ0v) is 23.8. The van der Waals surface area contributed by atoms with Gasteiger partial charge in [-0.2, -0.15) is 0 Å². The van der Waals surface area contributed by atoms with Crippen LogP contribution in [0.2, 0.25) is 0 Å². The molecule has 1 aliphatic heterocycles. The monoisotopic (exact) mass is 582 g/mol. The van der Waals surface area contributed by atoms with E-state index in [0.29, 0.717) is 16.8 Å². The zero-order chi connectivity index (χ0) is 29.5. The highest BCUT2D eigenvalue weighted by Gasteiger charge is 2.37. The van der Waals surface area contributed by atoms with Gasteiger partial charge in [-0.3, -0.25) is 19.7 Å². The van der Waals surface area contributed by atoms with Gasteiger partial charge in [0.15, 0.2) is 0 Å². The van der Waals surface area contributed by atoms with E-state index in [2.05, 4.69) is 10.6 Å². The van der Waals surface area contributed by atoms with Gasteiger partial charge in [0, 0.05) is 22.0 Å². The van der Waals surface area contributed by atoms with E-state index >= 15 is 0 Å². The molecule has 8 nitrogen and oxygen atoms in total. The average Bonchev–Trinajstić information content (AvgIpc) is 3.47. The molecular formula is C32H27FN4O4S. The van der Waals surface area contributed by atoms with Crippen molar-refractivity contribution in [2.24, 2.45) is 0 Å². The average molecular weight is 583 g/mol. The minimum absolute atomic E-state index is 0.0135. The number of anilines is 2. The van der Waals surface area contributed by atoms with Gasteiger partial charge in [-0.1, -0.05) is 24.3 Å². The highest BCUT2D eigenvalue weighted by atomic mass is 32.1. The van der Waals surface area contributed by atoms with Crippen molar-refractivity contribution >= 4 is 52.5 Å². The first-order chi connectivity index (χ1) is 20.2. The van der Waals surface area contributed by atoms with Crippen molar-refractivity contribution in [2.45, 2.75) is 39.5 Å². The summed E-state index contributed by atoms with van der Waals surface area (Å²) in [6, 6.07) is 15.2. The SMILES string of the molecule is Cc1cc(/C=C2\C(=O)NC(=O)N(c3cccc(F)c3)C2=O)c(C)n1-c1sc2c(c1C(=O)Nc1ccccc1)CCCC2. The molecule has 3 heterocycles. The van der Waals surface area contributed by atoms with Crippen molar-refractivity contribution < 1.29 is 23.6 Å². The third kappa shape index (κ3) is 4.83. The fourth-order valence-corrected chi connectivity index (χ4v) is 7.06. The molecule has 1 fully saturated rings. The maximum absolute atomic E-state index is 13.9. The number of benzene rings is 2. The smallest absolute Gasteiger partial charge is 0.322 e. The standard InChI is InChI=1S/C32H27FN4O4S/c1-18-15-20(16-25-28(38)35-32(41)37(30(25)40)23-12-8-9-21(33)17-23)19(2)36(18)31-27(24-13-6-7-14-26(24)42-31)29(39)34-22-10-4-3-5-11-22/h3-5,8-12,15-17H,6-7,13-14H2,1-2H3,(H,34,39)(H,35,38,41)/b25-16+. The van der Waals surface area contributed by atoms with E-state index in [9.17, 15) is 23.6 Å². The summed E-state index contributed by atoms with van der Waals surface area (Å²) in [5.41, 5.74) is 4.28. The van der Waals surface area contributed by atoms with Gasteiger partial charge in [-0.05, 0) is 93.1 Å². The molecule has 0 bridgehead atoms. The normalized spacial score (nSPS) is 16.0. The first-order valence-corrected chi connectivity index (χ1v) is 14.4. The molecule has 2 aliphatic rings. The van der Waals surface area contributed by atoms with Gasteiger partial charge in [-0.25, -0.2) is 14.1 Å². The van der Waals surface area contributed by atoms with Crippen LogP contribution in [0.4, 0.5) is 20.6 Å². The molecule has 2 N–H and O–H groups in total. The summed E-state index contributed by atoms with van der Waals surface area (Å²) in [5.74, 6) is -2.50. The Labute approximate surface area is 245 Å². The number of aromatic nitrogens is 1. The number of aryl methyl sites for hydroxylation is 2. The van der Waals surface area contributed by atoms with E-state index in [4.69, 9.17) is 0 Å². The molecule has 1 aliphatic carbocycles. The third-order valence-corrected chi connectivity index (χ3v) is 8.83. The molecule has 5 amide bonds. The van der Waals surface area contributed by atoms with E-state index in [0.717, 1.165) is 58.6 Å². The molecule has 4 aromatic rings. The molecule has 0 atom stereocenters. The number of nitrogens with one attached hydrogen (secondary N) is 2. The molecule has 0 saturated carbocycles. The number of urea groups is 1. The van der Waals surface area contributed by atoms with Crippen LogP contribution in [0.3, 0.4) is 0 Å². The Hall–Kier alpha value is -4.83. The Bertz CT molecular complexity index is 1800. The number of thiophene rings is 1. The van der Waals surface area contributed by atoms with Crippen LogP contribution >= 0.6 is 11.3 Å². The van der Waals surface area contributed by atoms with Crippen LogP contribution in [-0.2, 0) is 22.4 Å². The number of imide groups is 2. The largest absolute Gasteiger partial charge is 0.335 e. The molecule has 6 rings (SSSR count). The van der Waals surface area contributed by atoms with E-state index < -0.39 is 23.7 Å². The number of nitrogens with zero attached hydrogens (tertiary/aromatic N) is 2. The number of fused-ring (bicyclic) bond motifs is 1. The summed E-state index contributed by atoms with van der Waals surface area (Å²) in [4.78, 5) is 54.4. The van der Waals surface area contributed by atoms with Crippen molar-refractivity contribution in [3.63, 3.8) is 0 Å². The van der Waals surface area contributed by atoms with E-state index in [1.165, 1.54) is 29.2 Å². The summed E-state index contributed by atoms with van der Waals surface area (Å²) in [5, 5.41) is 6.00. The number of hydrogen-bond acceptors (Lipinski definition) is 5. The summed E-state index contributed by atoms with van der Waals surface area (Å²) < 4.78 is 15.9. The van der Waals surface area contributed by atoms with Gasteiger partial charge in [0.05, 0.1) is 11.3 Å². The van der Waals surface area contributed by atoms with Crippen molar-refractivity contribution in [3.8, 4) is 5.00 Å². The lowest BCUT2D eigenvalue weighted by molar-refractivity contribution is -0.122. The van der Waals surface area contributed by atoms with Crippen molar-refractivity contribution in [1.29, 1.82) is 0 Å². The topological polar surface area (TPSA) is 101 Å². The lowest BCUT2D eigenvalue weighted by Gasteiger charge is -2.26. The lowest BCUT2D eigenvalue weighted by Crippen LogP contribution is -2.54. The number of hydrogen-bond donors (Lipinski definition) is 2. The van der Waals surface area contributed by atoms with Gasteiger partial charge >= 0.3 is 6.03 Å². The van der Waals surface area contributed by atoms with E-state index in [-0.39, 0.29) is 17.2 Å². The number of barbiturate groups is 1. The number of rotatable bonds is 5. The quantitative estimate of drug-likeness (QED) is 0.220. The second kappa shape index (κ2) is 10.9. The molecule has 0 radical (unpaired) electrons. The second-order valence-electron chi connectivity index (χ2n) is 10.3. The van der Waals surface area contributed by atoms with Crippen molar-refractivity contribution in [2.75, 3.05) is 10.2 Å². The number of para-hydroxylation sites is 1. The predicted octanol–water partition coefficient (Wildman–Crippen LogP) is 6.09. The maximum atomic E-state index is 13.9. The molecule has 212 valence electrons. The van der Waals surface area contributed by atoms with Crippen LogP contribution in [0.25, 0.3) is 11.1 Å². The number of amides is 5. The van der Waals surface area contributed by atoms with Gasteiger partial charge in [-0.15, -0.1) is 11.3 Å². The van der Waals surface area contributed by atoms with Crippen LogP contribution in [0.5, 0.6) is 0 Å². The fraction of sp³-hybridized carbons (Fsp3) is 0.188. The first-order valence-electron chi connectivity index (χ1n) is 13.6. The van der Waals surface area contributed by atoms with Crippen LogP contribution in [-0.4, -0.2) is 28.3 Å². The van der Waals surface area contributed by atoms with Crippen molar-refractivity contribution in [1.82, 2.24) is 9.88 Å². The number of halogens is 1. The minimum atomic E-state index is -0.948. The maximum Gasteiger partial charge on any atom is 0.335 e. The molecule has 0 unspecified atom stereocenters. The Balaban J connectivity index is 1.42. The van der Waals surface area contributed by atoms with Gasteiger partial charge < -0.3 is 9.88 Å². The van der Waals surface area contributed by atoms with Gasteiger partial charge in [0.2, 0.25) is 0 Å². The highest BCUT2D eigenvalue weighted by molar-refractivity contribution is 7.15. The highest BCUT2D eigenvalue weighted by Crippen LogP contribution is 2.39. The lowest BCUT2D eigenvalue weighted by atomic mass is 9.95. The first kappa shape index (κ1) is 27.3.